The van der Waals surface area contributed by atoms with Crippen LogP contribution < -0.4 is 10.1 Å². The van der Waals surface area contributed by atoms with Crippen LogP contribution in [0.3, 0.4) is 0 Å². The maximum absolute atomic E-state index is 11.2. The molecule has 0 amide bonds. The minimum absolute atomic E-state index is 0.562. The molecule has 0 unspecified atom stereocenters. The maximum Gasteiger partial charge on any atom is 0.328 e. The molecule has 0 aliphatic heterocycles. The van der Waals surface area contributed by atoms with Gasteiger partial charge in [0.1, 0.15) is 11.3 Å². The molecule has 0 heterocycles. The quantitative estimate of drug-likeness (QED) is 0.796. The molecule has 0 spiro atoms. The number of benzene rings is 1. The Kier molecular flexibility index (Phi) is 3.90. The predicted molar refractivity (Wildman–Crippen MR) is 61.7 cm³/mol. The fourth-order valence-corrected chi connectivity index (χ4v) is 1.44. The van der Waals surface area contributed by atoms with E-state index in [9.17, 15) is 9.90 Å². The number of hydrogen-bond acceptors (Lipinski definition) is 3. The number of nitrogens with one attached hydrogen (secondary N) is 1. The van der Waals surface area contributed by atoms with Crippen LogP contribution in [0.2, 0.25) is 0 Å². The molecule has 1 atom stereocenters. The second-order valence-corrected chi connectivity index (χ2v) is 3.64. The Morgan fingerprint density at radius 3 is 2.75 bits per heavy atom. The van der Waals surface area contributed by atoms with Gasteiger partial charge in [0.15, 0.2) is 0 Å². The van der Waals surface area contributed by atoms with E-state index in [0.717, 1.165) is 0 Å². The molecule has 1 aromatic rings. The van der Waals surface area contributed by atoms with Crippen molar-refractivity contribution in [3.05, 3.63) is 29.8 Å². The summed E-state index contributed by atoms with van der Waals surface area (Å²) in [6, 6.07) is 7.12. The molecule has 0 fully saturated rings. The molecular weight excluding hydrogens is 206 g/mol. The first-order valence-corrected chi connectivity index (χ1v) is 5.20. The summed E-state index contributed by atoms with van der Waals surface area (Å²) in [6.07, 6.45) is 0. The number of carboxylic acid groups (broad SMARTS) is 1. The lowest BCUT2D eigenvalue weighted by molar-refractivity contribution is -0.144. The van der Waals surface area contributed by atoms with E-state index in [0.29, 0.717) is 17.9 Å². The van der Waals surface area contributed by atoms with Crippen molar-refractivity contribution >= 4 is 5.97 Å². The Hall–Kier alpha value is -1.55. The highest BCUT2D eigenvalue weighted by Crippen LogP contribution is 2.24. The third kappa shape index (κ3) is 2.33. The lowest BCUT2D eigenvalue weighted by Gasteiger charge is -2.25. The average Bonchev–Trinajstić information content (AvgIpc) is 2.28. The van der Waals surface area contributed by atoms with Crippen molar-refractivity contribution in [3.8, 4) is 5.75 Å². The first-order valence-electron chi connectivity index (χ1n) is 5.20. The van der Waals surface area contributed by atoms with E-state index in [2.05, 4.69) is 5.32 Å². The fraction of sp³-hybridized carbons (Fsp3) is 0.417. The fourth-order valence-electron chi connectivity index (χ4n) is 1.44. The summed E-state index contributed by atoms with van der Waals surface area (Å²) >= 11 is 0. The summed E-state index contributed by atoms with van der Waals surface area (Å²) in [6.45, 7) is 4.08. The molecule has 1 aromatic carbocycles. The maximum atomic E-state index is 11.2. The zero-order valence-electron chi connectivity index (χ0n) is 9.78. The number of aliphatic carboxylic acids is 1. The molecule has 4 heteroatoms. The predicted octanol–water partition coefficient (Wildman–Crippen LogP) is 1.60. The zero-order chi connectivity index (χ0) is 12.2. The number of hydrogen-bond donors (Lipinski definition) is 2. The summed E-state index contributed by atoms with van der Waals surface area (Å²) in [7, 11) is 1.63. The van der Waals surface area contributed by atoms with Gasteiger partial charge in [0.25, 0.3) is 0 Å². The Bertz CT molecular complexity index is 378. The van der Waals surface area contributed by atoms with Crippen LogP contribution in [0.15, 0.2) is 24.3 Å². The molecule has 0 radical (unpaired) electrons. The van der Waals surface area contributed by atoms with Crippen molar-refractivity contribution < 1.29 is 14.6 Å². The molecule has 4 nitrogen and oxygen atoms in total. The van der Waals surface area contributed by atoms with Crippen molar-refractivity contribution in [2.45, 2.75) is 19.4 Å². The van der Waals surface area contributed by atoms with Crippen LogP contribution in [0.1, 0.15) is 19.4 Å². The van der Waals surface area contributed by atoms with Gasteiger partial charge in [-0.1, -0.05) is 12.1 Å². The summed E-state index contributed by atoms with van der Waals surface area (Å²) in [4.78, 5) is 11.2. The smallest absolute Gasteiger partial charge is 0.328 e. The molecule has 0 aliphatic carbocycles. The van der Waals surface area contributed by atoms with Crippen LogP contribution in [0.4, 0.5) is 0 Å². The number of carboxylic acids is 1. The Morgan fingerprint density at radius 1 is 1.56 bits per heavy atom. The van der Waals surface area contributed by atoms with Gasteiger partial charge in [-0.25, -0.2) is 4.79 Å². The highest BCUT2D eigenvalue weighted by molar-refractivity contribution is 5.80. The monoisotopic (exact) mass is 223 g/mol. The number of ether oxygens (including phenoxy) is 1. The van der Waals surface area contributed by atoms with E-state index in [1.165, 1.54) is 0 Å². The van der Waals surface area contributed by atoms with Crippen LogP contribution in [0, 0.1) is 0 Å². The molecule has 0 saturated carbocycles. The zero-order valence-corrected chi connectivity index (χ0v) is 9.78. The third-order valence-electron chi connectivity index (χ3n) is 2.65. The number of rotatable bonds is 5. The summed E-state index contributed by atoms with van der Waals surface area (Å²) < 4.78 is 5.35. The normalized spacial score (nSPS) is 14.2. The lowest BCUT2D eigenvalue weighted by Crippen LogP contribution is -2.44. The lowest BCUT2D eigenvalue weighted by atomic mass is 9.92. The van der Waals surface area contributed by atoms with E-state index in [1.807, 2.05) is 13.0 Å². The van der Waals surface area contributed by atoms with Gasteiger partial charge in [0.05, 0.1) is 6.61 Å². The van der Waals surface area contributed by atoms with Crippen LogP contribution in [-0.4, -0.2) is 24.7 Å². The topological polar surface area (TPSA) is 58.6 Å². The first kappa shape index (κ1) is 12.5. The SMILES string of the molecule is CCOc1cccc([C@](C)(NC)C(=O)O)c1. The second kappa shape index (κ2) is 4.99. The molecular formula is C12H17NO3. The van der Waals surface area contributed by atoms with Crippen molar-refractivity contribution in [1.82, 2.24) is 5.32 Å². The molecule has 16 heavy (non-hydrogen) atoms. The van der Waals surface area contributed by atoms with Crippen molar-refractivity contribution in [1.29, 1.82) is 0 Å². The van der Waals surface area contributed by atoms with Crippen LogP contribution in [-0.2, 0) is 10.3 Å². The molecule has 88 valence electrons. The van der Waals surface area contributed by atoms with E-state index in [4.69, 9.17) is 4.74 Å². The summed E-state index contributed by atoms with van der Waals surface area (Å²) in [5, 5.41) is 12.0. The molecule has 1 rings (SSSR count). The van der Waals surface area contributed by atoms with Gasteiger partial charge in [0, 0.05) is 0 Å². The van der Waals surface area contributed by atoms with Crippen LogP contribution in [0.5, 0.6) is 5.75 Å². The minimum atomic E-state index is -1.09. The van der Waals surface area contributed by atoms with E-state index >= 15 is 0 Å². The van der Waals surface area contributed by atoms with Gasteiger partial charge in [-0.2, -0.15) is 0 Å². The highest BCUT2D eigenvalue weighted by atomic mass is 16.5. The number of carbonyl (C=O) groups is 1. The van der Waals surface area contributed by atoms with Gasteiger partial charge in [-0.3, -0.25) is 0 Å². The van der Waals surface area contributed by atoms with Gasteiger partial charge in [-0.05, 0) is 38.6 Å². The molecule has 0 saturated heterocycles. The standard InChI is InChI=1S/C12H17NO3/c1-4-16-10-7-5-6-9(8-10)12(2,13-3)11(14)15/h5-8,13H,4H2,1-3H3,(H,14,15)/t12-/m0/s1. The van der Waals surface area contributed by atoms with Crippen LogP contribution in [0.25, 0.3) is 0 Å². The summed E-state index contributed by atoms with van der Waals surface area (Å²) in [5.41, 5.74) is -0.416. The highest BCUT2D eigenvalue weighted by Gasteiger charge is 2.33. The minimum Gasteiger partial charge on any atom is -0.494 e. The Morgan fingerprint density at radius 2 is 2.25 bits per heavy atom. The van der Waals surface area contributed by atoms with Crippen molar-refractivity contribution in [2.24, 2.45) is 0 Å². The summed E-state index contributed by atoms with van der Waals surface area (Å²) in [5.74, 6) is -0.230. The van der Waals surface area contributed by atoms with Crippen molar-refractivity contribution in [3.63, 3.8) is 0 Å². The van der Waals surface area contributed by atoms with Gasteiger partial charge in [-0.15, -0.1) is 0 Å². The number of likely N-dealkylation sites (N-methyl/N-ethyl adjacent to an activating group) is 1. The molecule has 0 aliphatic rings. The van der Waals surface area contributed by atoms with Crippen molar-refractivity contribution in [2.75, 3.05) is 13.7 Å². The van der Waals surface area contributed by atoms with Gasteiger partial charge in [0.2, 0.25) is 0 Å². The van der Waals surface area contributed by atoms with Crippen LogP contribution >= 0.6 is 0 Å². The largest absolute Gasteiger partial charge is 0.494 e. The van der Waals surface area contributed by atoms with Gasteiger partial charge < -0.3 is 15.2 Å². The second-order valence-electron chi connectivity index (χ2n) is 3.64. The van der Waals surface area contributed by atoms with E-state index in [-0.39, 0.29) is 0 Å². The molecule has 0 bridgehead atoms. The Labute approximate surface area is 95.2 Å². The third-order valence-corrected chi connectivity index (χ3v) is 2.65. The first-order chi connectivity index (χ1) is 7.54. The average molecular weight is 223 g/mol. The molecule has 0 aromatic heterocycles. The molecule has 2 N–H and O–H groups in total. The van der Waals surface area contributed by atoms with E-state index < -0.39 is 11.5 Å². The Balaban J connectivity index is 3.11. The van der Waals surface area contributed by atoms with Gasteiger partial charge >= 0.3 is 5.97 Å². The van der Waals surface area contributed by atoms with E-state index in [1.54, 1.807) is 32.2 Å².